The van der Waals surface area contributed by atoms with Crippen LogP contribution in [0.5, 0.6) is 0 Å². The van der Waals surface area contributed by atoms with E-state index in [0.717, 1.165) is 51.4 Å². The van der Waals surface area contributed by atoms with Crippen molar-refractivity contribution < 1.29 is 25.2 Å². The highest BCUT2D eigenvalue weighted by Crippen LogP contribution is 2.16. The monoisotopic (exact) mass is 776 g/mol. The molecule has 4 atom stereocenters. The normalized spacial score (nSPS) is 14.4. The third-order valence-corrected chi connectivity index (χ3v) is 11.1. The lowest BCUT2D eigenvalue weighted by molar-refractivity contribution is -0.132. The third kappa shape index (κ3) is 37.8. The molecule has 1 amide bonds. The van der Waals surface area contributed by atoms with Gasteiger partial charge in [0.1, 0.15) is 12.2 Å². The van der Waals surface area contributed by atoms with Crippen molar-refractivity contribution in [1.82, 2.24) is 5.32 Å². The Morgan fingerprint density at radius 3 is 1.15 bits per heavy atom. The van der Waals surface area contributed by atoms with Crippen LogP contribution in [0.3, 0.4) is 0 Å². The van der Waals surface area contributed by atoms with Crippen molar-refractivity contribution in [2.24, 2.45) is 0 Å². The van der Waals surface area contributed by atoms with Crippen LogP contribution >= 0.6 is 0 Å². The Labute approximate surface area is 341 Å². The predicted octanol–water partition coefficient (Wildman–Crippen LogP) is 12.9. The van der Waals surface area contributed by atoms with Gasteiger partial charge < -0.3 is 25.7 Å². The summed E-state index contributed by atoms with van der Waals surface area (Å²) in [5, 5.41) is 43.5. The van der Waals surface area contributed by atoms with E-state index >= 15 is 0 Å². The lowest BCUT2D eigenvalue weighted by atomic mass is 10.00. The fourth-order valence-electron chi connectivity index (χ4n) is 7.26. The van der Waals surface area contributed by atoms with Crippen molar-refractivity contribution >= 4 is 5.91 Å². The zero-order chi connectivity index (χ0) is 40.3. The molecule has 0 rings (SSSR count). The smallest absolute Gasteiger partial charge is 0.249 e. The summed E-state index contributed by atoms with van der Waals surface area (Å²) >= 11 is 0. The van der Waals surface area contributed by atoms with Crippen LogP contribution in [0.4, 0.5) is 0 Å². The van der Waals surface area contributed by atoms with E-state index in [2.05, 4.69) is 55.6 Å². The SMILES string of the molecule is CCCCCCCCCCCCCCCCCCC/C=C/CC/C=C/CC/C=C/CCCC(O)C(O)C(CO)NC(=O)C(O)CCCCCCCCCCC. The quantitative estimate of drug-likeness (QED) is 0.0313. The van der Waals surface area contributed by atoms with Crippen molar-refractivity contribution in [3.05, 3.63) is 36.5 Å². The van der Waals surface area contributed by atoms with Crippen LogP contribution in [0.15, 0.2) is 36.5 Å². The van der Waals surface area contributed by atoms with Gasteiger partial charge in [-0.25, -0.2) is 0 Å². The second kappa shape index (κ2) is 43.6. The first-order chi connectivity index (χ1) is 27.0. The molecule has 0 bridgehead atoms. The molecule has 0 radical (unpaired) electrons. The maximum Gasteiger partial charge on any atom is 0.249 e. The van der Waals surface area contributed by atoms with Gasteiger partial charge in [0.2, 0.25) is 5.91 Å². The number of aliphatic hydroxyl groups is 4. The Bertz CT molecular complexity index is 873. The van der Waals surface area contributed by atoms with Gasteiger partial charge in [-0.05, 0) is 64.2 Å². The van der Waals surface area contributed by atoms with Crippen molar-refractivity contribution in [3.63, 3.8) is 0 Å². The summed E-state index contributed by atoms with van der Waals surface area (Å²) in [7, 11) is 0. The van der Waals surface area contributed by atoms with Crippen LogP contribution in [-0.2, 0) is 4.79 Å². The lowest BCUT2D eigenvalue weighted by Gasteiger charge is -2.27. The van der Waals surface area contributed by atoms with Gasteiger partial charge in [0, 0.05) is 0 Å². The Balaban J connectivity index is 3.69. The molecule has 324 valence electrons. The van der Waals surface area contributed by atoms with Crippen molar-refractivity contribution in [3.8, 4) is 0 Å². The predicted molar refractivity (Wildman–Crippen MR) is 237 cm³/mol. The molecule has 0 heterocycles. The number of amides is 1. The standard InChI is InChI=1S/C49H93NO5/c1-3-5-7-9-11-13-14-15-16-17-18-19-20-21-22-23-24-25-26-27-28-29-30-31-32-33-35-36-38-40-42-46(52)48(54)45(44-51)50-49(55)47(53)43-41-39-37-34-12-10-8-6-4-2/h26-27,30-31,35-36,45-48,51-54H,3-25,28-29,32-34,37-44H2,1-2H3,(H,50,55)/b27-26+,31-30+,36-35+. The molecule has 0 aromatic heterocycles. The van der Waals surface area contributed by atoms with Gasteiger partial charge in [-0.1, -0.05) is 211 Å². The molecule has 0 aromatic rings. The number of aliphatic hydroxyl groups excluding tert-OH is 4. The summed E-state index contributed by atoms with van der Waals surface area (Å²) in [4.78, 5) is 12.4. The van der Waals surface area contributed by atoms with Crippen molar-refractivity contribution in [2.75, 3.05) is 6.61 Å². The highest BCUT2D eigenvalue weighted by atomic mass is 16.3. The highest BCUT2D eigenvalue weighted by Gasteiger charge is 2.28. The molecule has 6 nitrogen and oxygen atoms in total. The van der Waals surface area contributed by atoms with E-state index in [1.54, 1.807) is 0 Å². The van der Waals surface area contributed by atoms with Gasteiger partial charge >= 0.3 is 0 Å². The number of hydrogen-bond acceptors (Lipinski definition) is 5. The first-order valence-electron chi connectivity index (χ1n) is 23.9. The van der Waals surface area contributed by atoms with E-state index in [4.69, 9.17) is 0 Å². The third-order valence-electron chi connectivity index (χ3n) is 11.1. The van der Waals surface area contributed by atoms with E-state index < -0.39 is 36.9 Å². The van der Waals surface area contributed by atoms with E-state index in [-0.39, 0.29) is 0 Å². The van der Waals surface area contributed by atoms with Crippen molar-refractivity contribution in [1.29, 1.82) is 0 Å². The molecule has 0 saturated carbocycles. The first-order valence-corrected chi connectivity index (χ1v) is 23.9. The number of allylic oxidation sites excluding steroid dienone is 6. The Morgan fingerprint density at radius 2 is 0.764 bits per heavy atom. The van der Waals surface area contributed by atoms with E-state index in [9.17, 15) is 25.2 Å². The summed E-state index contributed by atoms with van der Waals surface area (Å²) in [5.41, 5.74) is 0. The Morgan fingerprint density at radius 1 is 0.436 bits per heavy atom. The van der Waals surface area contributed by atoms with E-state index in [0.29, 0.717) is 19.3 Å². The first kappa shape index (κ1) is 53.5. The molecule has 6 heteroatoms. The van der Waals surface area contributed by atoms with Crippen LogP contribution in [0.1, 0.15) is 239 Å². The molecule has 0 fully saturated rings. The second-order valence-corrected chi connectivity index (χ2v) is 16.4. The molecular weight excluding hydrogens is 683 g/mol. The maximum absolute atomic E-state index is 12.4. The molecule has 55 heavy (non-hydrogen) atoms. The van der Waals surface area contributed by atoms with Gasteiger partial charge in [-0.15, -0.1) is 0 Å². The second-order valence-electron chi connectivity index (χ2n) is 16.4. The van der Waals surface area contributed by atoms with Crippen LogP contribution < -0.4 is 5.32 Å². The zero-order valence-corrected chi connectivity index (χ0v) is 36.4. The number of carbonyl (C=O) groups is 1. The van der Waals surface area contributed by atoms with Crippen LogP contribution in [0.2, 0.25) is 0 Å². The minimum absolute atomic E-state index is 0.359. The molecule has 0 aromatic carbocycles. The number of unbranched alkanes of at least 4 members (excludes halogenated alkanes) is 28. The summed E-state index contributed by atoms with van der Waals surface area (Å²) < 4.78 is 0. The average Bonchev–Trinajstić information content (AvgIpc) is 3.19. The zero-order valence-electron chi connectivity index (χ0n) is 36.4. The van der Waals surface area contributed by atoms with Crippen LogP contribution in [0.25, 0.3) is 0 Å². The summed E-state index contributed by atoms with van der Waals surface area (Å²) in [5.74, 6) is -0.603. The van der Waals surface area contributed by atoms with Gasteiger partial charge in [-0.3, -0.25) is 4.79 Å². The maximum atomic E-state index is 12.4. The number of carbonyl (C=O) groups excluding carboxylic acids is 1. The molecule has 0 saturated heterocycles. The number of nitrogens with one attached hydrogen (secondary N) is 1. The molecule has 0 aliphatic carbocycles. The Kier molecular flexibility index (Phi) is 42.5. The minimum atomic E-state index is -1.29. The van der Waals surface area contributed by atoms with Crippen LogP contribution in [0, 0.1) is 0 Å². The highest BCUT2D eigenvalue weighted by molar-refractivity contribution is 5.80. The molecule has 4 unspecified atom stereocenters. The minimum Gasteiger partial charge on any atom is -0.394 e. The number of hydrogen-bond donors (Lipinski definition) is 5. The van der Waals surface area contributed by atoms with Gasteiger partial charge in [0.25, 0.3) is 0 Å². The molecule has 0 aliphatic rings. The van der Waals surface area contributed by atoms with Crippen molar-refractivity contribution in [2.45, 2.75) is 263 Å². The molecule has 5 N–H and O–H groups in total. The molecular formula is C49H93NO5. The van der Waals surface area contributed by atoms with Gasteiger partial charge in [-0.2, -0.15) is 0 Å². The summed E-state index contributed by atoms with van der Waals surface area (Å²) in [6.07, 6.45) is 52.2. The van der Waals surface area contributed by atoms with E-state index in [1.807, 2.05) is 0 Å². The fraction of sp³-hybridized carbons (Fsp3) is 0.857. The van der Waals surface area contributed by atoms with Gasteiger partial charge in [0.05, 0.1) is 18.8 Å². The summed E-state index contributed by atoms with van der Waals surface area (Å²) in [6.45, 7) is 4.01. The number of rotatable bonds is 43. The van der Waals surface area contributed by atoms with E-state index in [1.165, 1.54) is 154 Å². The van der Waals surface area contributed by atoms with Gasteiger partial charge in [0.15, 0.2) is 0 Å². The largest absolute Gasteiger partial charge is 0.394 e. The summed E-state index contributed by atoms with van der Waals surface area (Å²) in [6, 6.07) is -1.01. The molecule has 0 aliphatic heterocycles. The average molecular weight is 776 g/mol. The Hall–Kier alpha value is -1.47. The molecule has 0 spiro atoms. The van der Waals surface area contributed by atoms with Crippen LogP contribution in [-0.4, -0.2) is 57.3 Å². The topological polar surface area (TPSA) is 110 Å². The lowest BCUT2D eigenvalue weighted by Crippen LogP contribution is -2.53. The fourth-order valence-corrected chi connectivity index (χ4v) is 7.26.